The highest BCUT2D eigenvalue weighted by atomic mass is 19.3. The first-order valence-electron chi connectivity index (χ1n) is 3.46. The maximum absolute atomic E-state index is 12.3. The molecule has 0 N–H and O–H groups in total. The van der Waals surface area contributed by atoms with Crippen molar-refractivity contribution in [2.45, 2.75) is 6.43 Å². The van der Waals surface area contributed by atoms with E-state index in [0.717, 1.165) is 18.0 Å². The Morgan fingerprint density at radius 3 is 2.77 bits per heavy atom. The molecule has 0 radical (unpaired) electrons. The Labute approximate surface area is 73.1 Å². The quantitative estimate of drug-likeness (QED) is 0.657. The Balaban J connectivity index is 3.15. The van der Waals surface area contributed by atoms with Crippen LogP contribution in [0.5, 0.6) is 0 Å². The molecule has 1 heterocycles. The summed E-state index contributed by atoms with van der Waals surface area (Å²) in [6.07, 6.45) is -1.67. The van der Waals surface area contributed by atoms with Crippen LogP contribution < -0.4 is 0 Å². The van der Waals surface area contributed by atoms with Gasteiger partial charge in [-0.05, 0) is 0 Å². The van der Waals surface area contributed by atoms with Gasteiger partial charge >= 0.3 is 5.97 Å². The third-order valence-corrected chi connectivity index (χ3v) is 1.60. The summed E-state index contributed by atoms with van der Waals surface area (Å²) in [6.45, 7) is 0. The number of hydrogen-bond acceptors (Lipinski definition) is 3. The second-order valence-corrected chi connectivity index (χ2v) is 2.36. The first kappa shape index (κ1) is 9.63. The van der Waals surface area contributed by atoms with Gasteiger partial charge < -0.3 is 4.74 Å². The zero-order valence-corrected chi connectivity index (χ0v) is 7.12. The lowest BCUT2D eigenvalue weighted by atomic mass is 10.2. The van der Waals surface area contributed by atoms with Gasteiger partial charge in [0.1, 0.15) is 11.3 Å². The van der Waals surface area contributed by atoms with E-state index < -0.39 is 18.1 Å². The number of aromatic nitrogens is 2. The summed E-state index contributed by atoms with van der Waals surface area (Å²) in [5.41, 5.74) is -0.619. The molecule has 0 aliphatic carbocycles. The van der Waals surface area contributed by atoms with Crippen molar-refractivity contribution >= 4 is 5.97 Å². The fraction of sp³-hybridized carbons (Fsp3) is 0.429. The minimum absolute atomic E-state index is 0.194. The third-order valence-electron chi connectivity index (χ3n) is 1.60. The van der Waals surface area contributed by atoms with Crippen LogP contribution in [0.15, 0.2) is 6.20 Å². The van der Waals surface area contributed by atoms with Gasteiger partial charge in [0.15, 0.2) is 0 Å². The highest BCUT2D eigenvalue weighted by molar-refractivity contribution is 5.90. The number of methoxy groups -OCH3 is 1. The minimum atomic E-state index is -2.73. The van der Waals surface area contributed by atoms with E-state index in [1.54, 1.807) is 0 Å². The molecule has 4 nitrogen and oxygen atoms in total. The van der Waals surface area contributed by atoms with Crippen molar-refractivity contribution in [3.8, 4) is 0 Å². The van der Waals surface area contributed by atoms with Crippen LogP contribution in [0, 0.1) is 0 Å². The molecule has 0 atom stereocenters. The smallest absolute Gasteiger partial charge is 0.341 e. The number of carbonyl (C=O) groups excluding carboxylic acids is 1. The lowest BCUT2D eigenvalue weighted by molar-refractivity contribution is 0.0587. The maximum atomic E-state index is 12.3. The number of halogens is 2. The predicted octanol–water partition coefficient (Wildman–Crippen LogP) is 1.14. The molecule has 13 heavy (non-hydrogen) atoms. The molecule has 0 saturated heterocycles. The molecule has 6 heteroatoms. The SMILES string of the molecule is COC(=O)c1cnn(C)c1C(F)F. The van der Waals surface area contributed by atoms with Crippen molar-refractivity contribution in [3.05, 3.63) is 17.5 Å². The number of aryl methyl sites for hydroxylation is 1. The number of esters is 1. The van der Waals surface area contributed by atoms with Crippen molar-refractivity contribution in [3.63, 3.8) is 0 Å². The van der Waals surface area contributed by atoms with Gasteiger partial charge in [-0.2, -0.15) is 5.10 Å². The van der Waals surface area contributed by atoms with E-state index in [1.165, 1.54) is 7.05 Å². The highest BCUT2D eigenvalue weighted by Gasteiger charge is 2.23. The predicted molar refractivity (Wildman–Crippen MR) is 39.5 cm³/mol. The number of carbonyl (C=O) groups is 1. The van der Waals surface area contributed by atoms with E-state index in [4.69, 9.17) is 0 Å². The highest BCUT2D eigenvalue weighted by Crippen LogP contribution is 2.22. The van der Waals surface area contributed by atoms with Crippen LogP contribution in [0.3, 0.4) is 0 Å². The van der Waals surface area contributed by atoms with Crippen molar-refractivity contribution in [2.75, 3.05) is 7.11 Å². The van der Waals surface area contributed by atoms with Gasteiger partial charge in [0.05, 0.1) is 13.3 Å². The summed E-state index contributed by atoms with van der Waals surface area (Å²) in [4.78, 5) is 10.9. The largest absolute Gasteiger partial charge is 0.465 e. The molecule has 0 saturated carbocycles. The summed E-state index contributed by atoms with van der Waals surface area (Å²) < 4.78 is 30.0. The molecule has 0 aliphatic rings. The summed E-state index contributed by atoms with van der Waals surface area (Å²) in [5, 5.41) is 3.54. The van der Waals surface area contributed by atoms with Gasteiger partial charge in [-0.25, -0.2) is 13.6 Å². The van der Waals surface area contributed by atoms with E-state index in [1.807, 2.05) is 0 Å². The Kier molecular flexibility index (Phi) is 2.60. The number of alkyl halides is 2. The summed E-state index contributed by atoms with van der Waals surface area (Å²) >= 11 is 0. The second kappa shape index (κ2) is 3.51. The molecular formula is C7H8F2N2O2. The lowest BCUT2D eigenvalue weighted by Crippen LogP contribution is -2.07. The van der Waals surface area contributed by atoms with E-state index in [9.17, 15) is 13.6 Å². The third kappa shape index (κ3) is 1.66. The standard InChI is InChI=1S/C7H8F2N2O2/c1-11-5(6(8)9)4(3-10-11)7(12)13-2/h3,6H,1-2H3. The monoisotopic (exact) mass is 190 g/mol. The Bertz CT molecular complexity index is 322. The number of nitrogens with zero attached hydrogens (tertiary/aromatic N) is 2. The molecule has 0 bridgehead atoms. The molecule has 0 unspecified atom stereocenters. The average Bonchev–Trinajstić information content (AvgIpc) is 2.45. The van der Waals surface area contributed by atoms with Gasteiger partial charge in [-0.1, -0.05) is 0 Å². The molecule has 0 amide bonds. The first-order valence-corrected chi connectivity index (χ1v) is 3.46. The fourth-order valence-electron chi connectivity index (χ4n) is 0.973. The van der Waals surface area contributed by atoms with Crippen LogP contribution in [-0.4, -0.2) is 22.9 Å². The summed E-state index contributed by atoms with van der Waals surface area (Å²) in [7, 11) is 2.47. The van der Waals surface area contributed by atoms with Crippen molar-refractivity contribution in [1.82, 2.24) is 9.78 Å². The van der Waals surface area contributed by atoms with Crippen LogP contribution in [0.2, 0.25) is 0 Å². The van der Waals surface area contributed by atoms with Gasteiger partial charge in [0.2, 0.25) is 0 Å². The van der Waals surface area contributed by atoms with Crippen LogP contribution in [-0.2, 0) is 11.8 Å². The van der Waals surface area contributed by atoms with Gasteiger partial charge in [0, 0.05) is 7.05 Å². The van der Waals surface area contributed by atoms with Crippen molar-refractivity contribution in [1.29, 1.82) is 0 Å². The number of hydrogen-bond donors (Lipinski definition) is 0. The second-order valence-electron chi connectivity index (χ2n) is 2.36. The van der Waals surface area contributed by atoms with Gasteiger partial charge in [0.25, 0.3) is 6.43 Å². The molecule has 0 aliphatic heterocycles. The fourth-order valence-corrected chi connectivity index (χ4v) is 0.973. The zero-order chi connectivity index (χ0) is 10.0. The van der Waals surface area contributed by atoms with Crippen molar-refractivity contribution in [2.24, 2.45) is 7.05 Å². The Morgan fingerprint density at radius 2 is 2.31 bits per heavy atom. The maximum Gasteiger partial charge on any atom is 0.341 e. The lowest BCUT2D eigenvalue weighted by Gasteiger charge is -2.02. The molecule has 72 valence electrons. The van der Waals surface area contributed by atoms with Crippen LogP contribution in [0.1, 0.15) is 22.5 Å². The molecule has 1 aromatic rings. The summed E-state index contributed by atoms with van der Waals surface area (Å²) in [5.74, 6) is -0.802. The normalized spacial score (nSPS) is 10.5. The van der Waals surface area contributed by atoms with E-state index in [2.05, 4.69) is 9.84 Å². The Hall–Kier alpha value is -1.46. The molecule has 1 rings (SSSR count). The molecule has 0 aromatic carbocycles. The minimum Gasteiger partial charge on any atom is -0.465 e. The van der Waals surface area contributed by atoms with Crippen molar-refractivity contribution < 1.29 is 18.3 Å². The van der Waals surface area contributed by atoms with Crippen LogP contribution >= 0.6 is 0 Å². The topological polar surface area (TPSA) is 44.1 Å². The summed E-state index contributed by atoms with van der Waals surface area (Å²) in [6, 6.07) is 0. The Morgan fingerprint density at radius 1 is 1.69 bits per heavy atom. The van der Waals surface area contributed by atoms with Crippen LogP contribution in [0.25, 0.3) is 0 Å². The molecule has 0 fully saturated rings. The average molecular weight is 190 g/mol. The molecule has 1 aromatic heterocycles. The number of rotatable bonds is 2. The van der Waals surface area contributed by atoms with E-state index in [0.29, 0.717) is 0 Å². The zero-order valence-electron chi connectivity index (χ0n) is 7.12. The first-order chi connectivity index (χ1) is 6.07. The van der Waals surface area contributed by atoms with Crippen LogP contribution in [0.4, 0.5) is 8.78 Å². The molecule has 0 spiro atoms. The van der Waals surface area contributed by atoms with Gasteiger partial charge in [-0.15, -0.1) is 0 Å². The van der Waals surface area contributed by atoms with Gasteiger partial charge in [-0.3, -0.25) is 4.68 Å². The number of ether oxygens (including phenoxy) is 1. The van der Waals surface area contributed by atoms with E-state index in [-0.39, 0.29) is 5.56 Å². The molecular weight excluding hydrogens is 182 g/mol. The van der Waals surface area contributed by atoms with E-state index >= 15 is 0 Å².